The molecule has 0 bridgehead atoms. The highest BCUT2D eigenvalue weighted by Crippen LogP contribution is 2.18. The number of pyridine rings is 1. The number of nitrogens with zero attached hydrogens (tertiary/aromatic N) is 1. The van der Waals surface area contributed by atoms with Crippen molar-refractivity contribution in [3.63, 3.8) is 0 Å². The van der Waals surface area contributed by atoms with Crippen LogP contribution >= 0.6 is 0 Å². The van der Waals surface area contributed by atoms with Crippen LogP contribution in [-0.2, 0) is 4.79 Å². The monoisotopic (exact) mass is 305 g/mol. The first-order valence-corrected chi connectivity index (χ1v) is 6.21. The number of anilines is 1. The standard InChI is InChI=1S/C12H14F3N3O3/c13-12(14,15)6-21-10-2-1-7(4-17-10)18-11(20)9-3-8(19)5-16-9/h1-2,4,8-9,16,19H,3,5-6H2,(H,18,20)/t8-,9-/m0/s1. The Bertz CT molecular complexity index is 493. The second-order valence-electron chi connectivity index (χ2n) is 4.63. The first-order chi connectivity index (χ1) is 9.83. The number of aliphatic hydroxyl groups excluding tert-OH is 1. The van der Waals surface area contributed by atoms with Gasteiger partial charge >= 0.3 is 6.18 Å². The summed E-state index contributed by atoms with van der Waals surface area (Å²) < 4.78 is 40.3. The molecule has 1 fully saturated rings. The minimum atomic E-state index is -4.43. The largest absolute Gasteiger partial charge is 0.468 e. The Balaban J connectivity index is 1.86. The average Bonchev–Trinajstić information content (AvgIpc) is 2.84. The molecule has 3 N–H and O–H groups in total. The number of nitrogens with one attached hydrogen (secondary N) is 2. The summed E-state index contributed by atoms with van der Waals surface area (Å²) in [4.78, 5) is 15.5. The van der Waals surface area contributed by atoms with Crippen LogP contribution in [0.5, 0.6) is 5.88 Å². The maximum atomic E-state index is 12.0. The van der Waals surface area contributed by atoms with E-state index in [2.05, 4.69) is 20.4 Å². The number of rotatable bonds is 4. The van der Waals surface area contributed by atoms with E-state index in [1.807, 2.05) is 0 Å². The molecule has 2 atom stereocenters. The second-order valence-corrected chi connectivity index (χ2v) is 4.63. The van der Waals surface area contributed by atoms with Crippen LogP contribution in [0.15, 0.2) is 18.3 Å². The van der Waals surface area contributed by atoms with Crippen LogP contribution in [0.4, 0.5) is 18.9 Å². The lowest BCUT2D eigenvalue weighted by Gasteiger charge is -2.11. The van der Waals surface area contributed by atoms with Crippen molar-refractivity contribution in [3.8, 4) is 5.88 Å². The number of aliphatic hydroxyl groups is 1. The number of ether oxygens (including phenoxy) is 1. The summed E-state index contributed by atoms with van der Waals surface area (Å²) >= 11 is 0. The van der Waals surface area contributed by atoms with Crippen LogP contribution in [0.25, 0.3) is 0 Å². The number of carbonyl (C=O) groups excluding carboxylic acids is 1. The van der Waals surface area contributed by atoms with Gasteiger partial charge in [-0.15, -0.1) is 0 Å². The summed E-state index contributed by atoms with van der Waals surface area (Å²) in [5.74, 6) is -0.517. The fraction of sp³-hybridized carbons (Fsp3) is 0.500. The zero-order valence-electron chi connectivity index (χ0n) is 10.9. The molecule has 0 unspecified atom stereocenters. The molecule has 0 radical (unpaired) electrons. The molecule has 0 spiro atoms. The minimum absolute atomic E-state index is 0.181. The maximum Gasteiger partial charge on any atom is 0.422 e. The Labute approximate surface area is 118 Å². The molecule has 116 valence electrons. The number of amides is 1. The Hall–Kier alpha value is -1.87. The topological polar surface area (TPSA) is 83.5 Å². The quantitative estimate of drug-likeness (QED) is 0.762. The Morgan fingerprint density at radius 3 is 2.81 bits per heavy atom. The number of halogens is 3. The number of aromatic nitrogens is 1. The van der Waals surface area contributed by atoms with Gasteiger partial charge in [0.05, 0.1) is 24.0 Å². The molecule has 21 heavy (non-hydrogen) atoms. The summed E-state index contributed by atoms with van der Waals surface area (Å²) in [6, 6.07) is 2.13. The summed E-state index contributed by atoms with van der Waals surface area (Å²) in [6.45, 7) is -1.07. The molecule has 0 saturated carbocycles. The minimum Gasteiger partial charge on any atom is -0.468 e. The van der Waals surface area contributed by atoms with Gasteiger partial charge in [-0.3, -0.25) is 4.79 Å². The number of alkyl halides is 3. The van der Waals surface area contributed by atoms with E-state index in [4.69, 9.17) is 0 Å². The first kappa shape index (κ1) is 15.5. The zero-order valence-corrected chi connectivity index (χ0v) is 10.9. The smallest absolute Gasteiger partial charge is 0.422 e. The summed E-state index contributed by atoms with van der Waals surface area (Å²) in [5, 5.41) is 14.7. The van der Waals surface area contributed by atoms with Gasteiger partial charge in [0, 0.05) is 12.6 Å². The lowest BCUT2D eigenvalue weighted by Crippen LogP contribution is -2.35. The highest BCUT2D eigenvalue weighted by molar-refractivity contribution is 5.94. The third kappa shape index (κ3) is 4.87. The number of carbonyl (C=O) groups is 1. The van der Waals surface area contributed by atoms with Gasteiger partial charge in [0.15, 0.2) is 6.61 Å². The molecule has 1 amide bonds. The SMILES string of the molecule is O=C(Nc1ccc(OCC(F)(F)F)nc1)[C@@H]1C[C@H](O)CN1. The van der Waals surface area contributed by atoms with Crippen LogP contribution in [0.3, 0.4) is 0 Å². The second kappa shape index (κ2) is 6.27. The van der Waals surface area contributed by atoms with Crippen molar-refractivity contribution in [3.05, 3.63) is 18.3 Å². The van der Waals surface area contributed by atoms with E-state index < -0.39 is 24.9 Å². The first-order valence-electron chi connectivity index (χ1n) is 6.21. The fourth-order valence-corrected chi connectivity index (χ4v) is 1.84. The van der Waals surface area contributed by atoms with Crippen LogP contribution in [0.1, 0.15) is 6.42 Å². The molecule has 1 aliphatic heterocycles. The fourth-order valence-electron chi connectivity index (χ4n) is 1.84. The maximum absolute atomic E-state index is 12.0. The van der Waals surface area contributed by atoms with Crippen LogP contribution in [0, 0.1) is 0 Å². The van der Waals surface area contributed by atoms with Gasteiger partial charge in [0.2, 0.25) is 11.8 Å². The van der Waals surface area contributed by atoms with E-state index in [1.54, 1.807) is 0 Å². The van der Waals surface area contributed by atoms with Crippen LogP contribution in [0.2, 0.25) is 0 Å². The number of hydrogen-bond acceptors (Lipinski definition) is 5. The molecular formula is C12H14F3N3O3. The molecular weight excluding hydrogens is 291 g/mol. The zero-order chi connectivity index (χ0) is 15.5. The third-order valence-corrected chi connectivity index (χ3v) is 2.81. The van der Waals surface area contributed by atoms with Crippen molar-refractivity contribution in [2.45, 2.75) is 24.7 Å². The molecule has 2 rings (SSSR count). The molecule has 2 heterocycles. The average molecular weight is 305 g/mol. The van der Waals surface area contributed by atoms with Gasteiger partial charge in [-0.1, -0.05) is 0 Å². The van der Waals surface area contributed by atoms with E-state index in [1.165, 1.54) is 18.3 Å². The number of hydrogen-bond donors (Lipinski definition) is 3. The van der Waals surface area contributed by atoms with Crippen molar-refractivity contribution < 1.29 is 27.8 Å². The van der Waals surface area contributed by atoms with Crippen molar-refractivity contribution in [1.29, 1.82) is 0 Å². The lowest BCUT2D eigenvalue weighted by atomic mass is 10.2. The Kier molecular flexibility index (Phi) is 4.63. The molecule has 1 saturated heterocycles. The van der Waals surface area contributed by atoms with Crippen molar-refractivity contribution in [1.82, 2.24) is 10.3 Å². The molecule has 1 aromatic heterocycles. The normalized spacial score (nSPS) is 22.1. The predicted octanol–water partition coefficient (Wildman–Crippen LogP) is 0.684. The Morgan fingerprint density at radius 2 is 2.29 bits per heavy atom. The van der Waals surface area contributed by atoms with Gasteiger partial charge in [0.25, 0.3) is 0 Å². The van der Waals surface area contributed by atoms with E-state index in [9.17, 15) is 23.1 Å². The molecule has 1 aromatic rings. The van der Waals surface area contributed by atoms with Crippen molar-refractivity contribution in [2.24, 2.45) is 0 Å². The highest BCUT2D eigenvalue weighted by Gasteiger charge is 2.29. The third-order valence-electron chi connectivity index (χ3n) is 2.81. The van der Waals surface area contributed by atoms with Gasteiger partial charge in [0.1, 0.15) is 0 Å². The molecule has 1 aliphatic rings. The number of β-amino-alcohol motifs (C(OH)–C–C–N with tert-alkyl or cyclic N) is 1. The van der Waals surface area contributed by atoms with Crippen LogP contribution in [-0.4, -0.2) is 47.5 Å². The van der Waals surface area contributed by atoms with Crippen molar-refractivity contribution in [2.75, 3.05) is 18.5 Å². The van der Waals surface area contributed by atoms with E-state index in [0.29, 0.717) is 18.7 Å². The molecule has 0 aromatic carbocycles. The van der Waals surface area contributed by atoms with E-state index >= 15 is 0 Å². The Morgan fingerprint density at radius 1 is 1.52 bits per heavy atom. The summed E-state index contributed by atoms with van der Waals surface area (Å²) in [6.07, 6.45) is -3.47. The summed E-state index contributed by atoms with van der Waals surface area (Å²) in [7, 11) is 0. The predicted molar refractivity (Wildman–Crippen MR) is 66.8 cm³/mol. The van der Waals surface area contributed by atoms with Crippen molar-refractivity contribution >= 4 is 11.6 Å². The highest BCUT2D eigenvalue weighted by atomic mass is 19.4. The van der Waals surface area contributed by atoms with E-state index in [-0.39, 0.29) is 11.8 Å². The van der Waals surface area contributed by atoms with Gasteiger partial charge in [-0.25, -0.2) is 4.98 Å². The molecule has 0 aliphatic carbocycles. The lowest BCUT2D eigenvalue weighted by molar-refractivity contribution is -0.154. The molecule has 6 nitrogen and oxygen atoms in total. The van der Waals surface area contributed by atoms with Crippen LogP contribution < -0.4 is 15.4 Å². The summed E-state index contributed by atoms with van der Waals surface area (Å²) in [5.41, 5.74) is 0.336. The molecule has 9 heteroatoms. The van der Waals surface area contributed by atoms with Gasteiger partial charge < -0.3 is 20.5 Å². The van der Waals surface area contributed by atoms with Gasteiger partial charge in [-0.05, 0) is 12.5 Å². The van der Waals surface area contributed by atoms with E-state index in [0.717, 1.165) is 0 Å². The van der Waals surface area contributed by atoms with Gasteiger partial charge in [-0.2, -0.15) is 13.2 Å².